The molecule has 0 unspecified atom stereocenters. The Hall–Kier alpha value is -2.09. The predicted molar refractivity (Wildman–Crippen MR) is 74.5 cm³/mol. The van der Waals surface area contributed by atoms with Gasteiger partial charge in [-0.05, 0) is 36.1 Å². The maximum Gasteiger partial charge on any atom is 0.344 e. The van der Waals surface area contributed by atoms with Crippen LogP contribution in [0.5, 0.6) is 0 Å². The molecule has 1 aromatic heterocycles. The smallest absolute Gasteiger partial charge is 0.344 e. The van der Waals surface area contributed by atoms with Crippen LogP contribution in [0.4, 0.5) is 0 Å². The molecule has 0 saturated carbocycles. The zero-order valence-corrected chi connectivity index (χ0v) is 10.7. The number of aryl methyl sites for hydroxylation is 1. The second-order valence-corrected chi connectivity index (χ2v) is 4.30. The first-order valence-corrected chi connectivity index (χ1v) is 6.01. The molecule has 2 nitrogen and oxygen atoms in total. The average molecular weight is 240 g/mol. The summed E-state index contributed by atoms with van der Waals surface area (Å²) < 4.78 is 5.39. The van der Waals surface area contributed by atoms with Gasteiger partial charge in [0.05, 0.1) is 5.56 Å². The lowest BCUT2D eigenvalue weighted by Crippen LogP contribution is -2.07. The molecule has 0 N–H and O–H groups in total. The third kappa shape index (κ3) is 2.28. The molecule has 92 valence electrons. The highest BCUT2D eigenvalue weighted by Crippen LogP contribution is 2.22. The van der Waals surface area contributed by atoms with Crippen LogP contribution >= 0.6 is 0 Å². The van der Waals surface area contributed by atoms with E-state index in [9.17, 15) is 4.79 Å². The number of rotatable bonds is 3. The lowest BCUT2D eigenvalue weighted by atomic mass is 10.0. The van der Waals surface area contributed by atoms with E-state index in [4.69, 9.17) is 4.42 Å². The van der Waals surface area contributed by atoms with Gasteiger partial charge in [-0.1, -0.05) is 43.8 Å². The van der Waals surface area contributed by atoms with Gasteiger partial charge in [-0.2, -0.15) is 0 Å². The fourth-order valence-electron chi connectivity index (χ4n) is 1.95. The average Bonchev–Trinajstić information content (AvgIpc) is 2.39. The normalized spacial score (nSPS) is 10.3. The number of allylic oxidation sites excluding steroid dienone is 1. The van der Waals surface area contributed by atoms with Crippen molar-refractivity contribution in [2.75, 3.05) is 0 Å². The third-order valence-corrected chi connectivity index (χ3v) is 2.88. The zero-order valence-electron chi connectivity index (χ0n) is 10.7. The summed E-state index contributed by atoms with van der Waals surface area (Å²) in [7, 11) is 0. The monoisotopic (exact) mass is 240 g/mol. The summed E-state index contributed by atoms with van der Waals surface area (Å²) in [5.41, 5.74) is 2.98. The van der Waals surface area contributed by atoms with Crippen LogP contribution in [0.3, 0.4) is 0 Å². The number of hydrogen-bond donors (Lipinski definition) is 0. The van der Waals surface area contributed by atoms with Crippen molar-refractivity contribution in [2.45, 2.75) is 20.3 Å². The summed E-state index contributed by atoms with van der Waals surface area (Å²) in [4.78, 5) is 12.0. The van der Waals surface area contributed by atoms with Crippen LogP contribution in [0.1, 0.15) is 25.2 Å². The van der Waals surface area contributed by atoms with Crippen molar-refractivity contribution in [1.82, 2.24) is 0 Å². The van der Waals surface area contributed by atoms with Crippen molar-refractivity contribution in [1.29, 1.82) is 0 Å². The van der Waals surface area contributed by atoms with Gasteiger partial charge in [-0.25, -0.2) is 4.79 Å². The minimum absolute atomic E-state index is 0.309. The van der Waals surface area contributed by atoms with Crippen LogP contribution in [-0.2, 0) is 6.42 Å². The number of benzene rings is 1. The van der Waals surface area contributed by atoms with E-state index in [1.54, 1.807) is 0 Å². The van der Waals surface area contributed by atoms with Crippen molar-refractivity contribution in [2.24, 2.45) is 0 Å². The fourth-order valence-corrected chi connectivity index (χ4v) is 1.95. The zero-order chi connectivity index (χ0) is 13.1. The van der Waals surface area contributed by atoms with E-state index >= 15 is 0 Å². The van der Waals surface area contributed by atoms with Gasteiger partial charge in [0.15, 0.2) is 0 Å². The summed E-state index contributed by atoms with van der Waals surface area (Å²) >= 11 is 0. The highest BCUT2D eigenvalue weighted by atomic mass is 16.4. The molecule has 1 heterocycles. The molecule has 2 rings (SSSR count). The Morgan fingerprint density at radius 2 is 1.94 bits per heavy atom. The third-order valence-electron chi connectivity index (χ3n) is 2.88. The van der Waals surface area contributed by atoms with Crippen LogP contribution < -0.4 is 5.63 Å². The van der Waals surface area contributed by atoms with Gasteiger partial charge in [-0.3, -0.25) is 0 Å². The lowest BCUT2D eigenvalue weighted by molar-refractivity contribution is 0.493. The van der Waals surface area contributed by atoms with E-state index in [2.05, 4.69) is 6.58 Å². The SMILES string of the molecule is C=C(C)c1oc(=O)c(-c2ccccc2)cc1CC. The largest absolute Gasteiger partial charge is 0.422 e. The van der Waals surface area contributed by atoms with Gasteiger partial charge in [0.2, 0.25) is 0 Å². The molecule has 0 spiro atoms. The van der Waals surface area contributed by atoms with Gasteiger partial charge < -0.3 is 4.42 Å². The van der Waals surface area contributed by atoms with Crippen molar-refractivity contribution in [3.05, 3.63) is 64.7 Å². The van der Waals surface area contributed by atoms with Crippen molar-refractivity contribution in [3.8, 4) is 11.1 Å². The Morgan fingerprint density at radius 1 is 1.28 bits per heavy atom. The first-order valence-electron chi connectivity index (χ1n) is 6.01. The highest BCUT2D eigenvalue weighted by molar-refractivity contribution is 5.66. The van der Waals surface area contributed by atoms with Gasteiger partial charge in [-0.15, -0.1) is 0 Å². The summed E-state index contributed by atoms with van der Waals surface area (Å²) in [5.74, 6) is 0.613. The van der Waals surface area contributed by atoms with Crippen molar-refractivity contribution < 1.29 is 4.42 Å². The van der Waals surface area contributed by atoms with E-state index in [0.29, 0.717) is 11.3 Å². The summed E-state index contributed by atoms with van der Waals surface area (Å²) in [6.45, 7) is 7.73. The molecular weight excluding hydrogens is 224 g/mol. The van der Waals surface area contributed by atoms with Crippen molar-refractivity contribution >= 4 is 5.57 Å². The molecule has 0 amide bonds. The maximum absolute atomic E-state index is 12.0. The van der Waals surface area contributed by atoms with Gasteiger partial charge in [0, 0.05) is 0 Å². The summed E-state index contributed by atoms with van der Waals surface area (Å²) in [6.07, 6.45) is 0.811. The van der Waals surface area contributed by atoms with Gasteiger partial charge in [0.1, 0.15) is 5.76 Å². The van der Waals surface area contributed by atoms with E-state index in [1.807, 2.05) is 50.2 Å². The van der Waals surface area contributed by atoms with E-state index < -0.39 is 0 Å². The first kappa shape index (κ1) is 12.4. The highest BCUT2D eigenvalue weighted by Gasteiger charge is 2.11. The van der Waals surface area contributed by atoms with E-state index in [-0.39, 0.29) is 5.63 Å². The minimum Gasteiger partial charge on any atom is -0.422 e. The summed E-state index contributed by atoms with van der Waals surface area (Å²) in [5, 5.41) is 0. The molecule has 0 radical (unpaired) electrons. The van der Waals surface area contributed by atoms with Crippen LogP contribution in [0.25, 0.3) is 16.7 Å². The molecule has 18 heavy (non-hydrogen) atoms. The topological polar surface area (TPSA) is 30.2 Å². The second kappa shape index (κ2) is 5.05. The molecule has 1 aromatic carbocycles. The van der Waals surface area contributed by atoms with Crippen LogP contribution in [0, 0.1) is 0 Å². The number of hydrogen-bond acceptors (Lipinski definition) is 2. The lowest BCUT2D eigenvalue weighted by Gasteiger charge is -2.08. The van der Waals surface area contributed by atoms with Gasteiger partial charge in [0.25, 0.3) is 0 Å². The quantitative estimate of drug-likeness (QED) is 0.814. The molecule has 0 fully saturated rings. The van der Waals surface area contributed by atoms with E-state index in [0.717, 1.165) is 23.1 Å². The Morgan fingerprint density at radius 3 is 2.50 bits per heavy atom. The Bertz CT molecular complexity index is 621. The molecular formula is C16H16O2. The Kier molecular flexibility index (Phi) is 3.47. The fraction of sp³-hybridized carbons (Fsp3) is 0.188. The second-order valence-electron chi connectivity index (χ2n) is 4.30. The standard InChI is InChI=1S/C16H16O2/c1-4-12-10-14(13-8-6-5-7-9-13)16(17)18-15(12)11(2)3/h5-10H,2,4H2,1,3H3. The molecule has 0 aliphatic heterocycles. The molecule has 0 bridgehead atoms. The van der Waals surface area contributed by atoms with Crippen LogP contribution in [0.15, 0.2) is 52.2 Å². The van der Waals surface area contributed by atoms with Crippen molar-refractivity contribution in [3.63, 3.8) is 0 Å². The first-order chi connectivity index (χ1) is 8.63. The molecule has 0 aliphatic carbocycles. The maximum atomic E-state index is 12.0. The van der Waals surface area contributed by atoms with Crippen LogP contribution in [0.2, 0.25) is 0 Å². The molecule has 0 saturated heterocycles. The summed E-state index contributed by atoms with van der Waals surface area (Å²) in [6, 6.07) is 11.5. The molecule has 0 atom stereocenters. The molecule has 2 heteroatoms. The van der Waals surface area contributed by atoms with E-state index in [1.165, 1.54) is 0 Å². The minimum atomic E-state index is -0.309. The van der Waals surface area contributed by atoms with Crippen LogP contribution in [-0.4, -0.2) is 0 Å². The predicted octanol–water partition coefficient (Wildman–Crippen LogP) is 3.90. The Balaban J connectivity index is 2.65. The molecule has 0 aliphatic rings. The Labute approximate surface area is 107 Å². The van der Waals surface area contributed by atoms with Gasteiger partial charge >= 0.3 is 5.63 Å². The molecule has 2 aromatic rings.